The number of carbonyl (C=O) groups excluding carboxylic acids is 1. The smallest absolute Gasteiger partial charge is 0.248 e. The van der Waals surface area contributed by atoms with Crippen LogP contribution < -0.4 is 22.1 Å². The van der Waals surface area contributed by atoms with Gasteiger partial charge in [0.25, 0.3) is 0 Å². The third-order valence-electron chi connectivity index (χ3n) is 3.88. The molecule has 0 saturated carbocycles. The quantitative estimate of drug-likeness (QED) is 0.232. The molecule has 1 aromatic carbocycles. The molecule has 0 unspecified atom stereocenters. The molecule has 8 heteroatoms. The lowest BCUT2D eigenvalue weighted by Gasteiger charge is -2.07. The van der Waals surface area contributed by atoms with E-state index in [1.165, 1.54) is 24.6 Å². The minimum atomic E-state index is -0.298. The highest BCUT2D eigenvalue weighted by atomic mass is 16.1. The molecular formula is C21H23N7O. The van der Waals surface area contributed by atoms with Crippen molar-refractivity contribution in [2.75, 3.05) is 5.32 Å². The number of amidine groups is 1. The molecule has 2 rings (SSSR count). The van der Waals surface area contributed by atoms with Crippen LogP contribution >= 0.6 is 0 Å². The molecule has 0 spiro atoms. The monoisotopic (exact) mass is 389 g/mol. The van der Waals surface area contributed by atoms with E-state index in [0.717, 1.165) is 11.8 Å². The first-order chi connectivity index (χ1) is 14.1. The van der Waals surface area contributed by atoms with Gasteiger partial charge in [-0.2, -0.15) is 0 Å². The Morgan fingerprint density at radius 1 is 1.14 bits per heavy atom. The fourth-order valence-electron chi connectivity index (χ4n) is 2.43. The van der Waals surface area contributed by atoms with E-state index < -0.39 is 0 Å². The van der Waals surface area contributed by atoms with Gasteiger partial charge in [-0.05, 0) is 47.7 Å². The van der Waals surface area contributed by atoms with Crippen molar-refractivity contribution < 1.29 is 4.79 Å². The molecule has 1 aromatic heterocycles. The van der Waals surface area contributed by atoms with E-state index in [9.17, 15) is 4.79 Å². The van der Waals surface area contributed by atoms with Gasteiger partial charge in [-0.15, -0.1) is 0 Å². The first-order valence-electron chi connectivity index (χ1n) is 8.73. The SMILES string of the molecule is N=C/C(=C\N)c1ccncc1/C=C/C(=O)Nc1ccc(CNC(=N)/C=C\N)cc1. The van der Waals surface area contributed by atoms with Crippen molar-refractivity contribution in [2.45, 2.75) is 6.54 Å². The number of benzene rings is 1. The van der Waals surface area contributed by atoms with E-state index >= 15 is 0 Å². The molecule has 1 amide bonds. The minimum Gasteiger partial charge on any atom is -0.404 e. The number of allylic oxidation sites excluding steroid dienone is 1. The van der Waals surface area contributed by atoms with Crippen molar-refractivity contribution in [1.29, 1.82) is 10.8 Å². The largest absolute Gasteiger partial charge is 0.404 e. The Morgan fingerprint density at radius 2 is 1.90 bits per heavy atom. The van der Waals surface area contributed by atoms with Crippen LogP contribution in [0.3, 0.4) is 0 Å². The fraction of sp³-hybridized carbons (Fsp3) is 0.0476. The van der Waals surface area contributed by atoms with Crippen LogP contribution in [0, 0.1) is 10.8 Å². The zero-order valence-electron chi connectivity index (χ0n) is 15.7. The summed E-state index contributed by atoms with van der Waals surface area (Å²) >= 11 is 0. The summed E-state index contributed by atoms with van der Waals surface area (Å²) in [6, 6.07) is 9.01. The lowest BCUT2D eigenvalue weighted by molar-refractivity contribution is -0.111. The van der Waals surface area contributed by atoms with Gasteiger partial charge in [0, 0.05) is 54.3 Å². The van der Waals surface area contributed by atoms with E-state index in [0.29, 0.717) is 28.9 Å². The molecule has 8 N–H and O–H groups in total. The van der Waals surface area contributed by atoms with Gasteiger partial charge in [-0.3, -0.25) is 15.2 Å². The summed E-state index contributed by atoms with van der Waals surface area (Å²) in [6.07, 6.45) is 11.5. The molecule has 0 radical (unpaired) electrons. The molecule has 0 aliphatic rings. The second-order valence-electron chi connectivity index (χ2n) is 5.88. The van der Waals surface area contributed by atoms with Crippen LogP contribution in [0.15, 0.2) is 67.3 Å². The molecule has 0 aliphatic carbocycles. The van der Waals surface area contributed by atoms with Crippen molar-refractivity contribution >= 4 is 35.3 Å². The first kappa shape index (κ1) is 21.1. The van der Waals surface area contributed by atoms with Crippen LogP contribution in [0.5, 0.6) is 0 Å². The van der Waals surface area contributed by atoms with Gasteiger partial charge < -0.3 is 27.5 Å². The maximum atomic E-state index is 12.2. The Labute approximate surface area is 169 Å². The number of nitrogens with zero attached hydrogens (tertiary/aromatic N) is 1. The molecule has 8 nitrogen and oxygen atoms in total. The van der Waals surface area contributed by atoms with E-state index in [2.05, 4.69) is 15.6 Å². The molecule has 0 aliphatic heterocycles. The zero-order valence-corrected chi connectivity index (χ0v) is 15.7. The standard InChI is InChI=1S/C21H23N7O/c22-9-7-20(25)27-13-15-1-4-18(5-2-15)28-21(29)6-3-16-14-26-10-8-19(16)17(11-23)12-24/h1-12,14,23H,13,22,24H2,(H2,25,27)(H,28,29)/b6-3+,9-7-,17-12+,23-11?. The summed E-state index contributed by atoms with van der Waals surface area (Å²) in [4.78, 5) is 16.3. The molecule has 1 heterocycles. The van der Waals surface area contributed by atoms with E-state index in [1.54, 1.807) is 36.7 Å². The van der Waals surface area contributed by atoms with E-state index in [-0.39, 0.29) is 11.7 Å². The number of nitrogens with one attached hydrogen (secondary N) is 4. The summed E-state index contributed by atoms with van der Waals surface area (Å²) in [6.45, 7) is 0.477. The summed E-state index contributed by atoms with van der Waals surface area (Å²) in [5, 5.41) is 20.7. The Kier molecular flexibility index (Phi) is 7.88. The summed E-state index contributed by atoms with van der Waals surface area (Å²) in [5.74, 6) is -0.0749. The Morgan fingerprint density at radius 3 is 2.55 bits per heavy atom. The normalized spacial score (nSPS) is 11.5. The number of anilines is 1. The average molecular weight is 389 g/mol. The van der Waals surface area contributed by atoms with Crippen LogP contribution in [0.25, 0.3) is 11.6 Å². The molecule has 0 atom stereocenters. The average Bonchev–Trinajstić information content (AvgIpc) is 2.73. The predicted octanol–water partition coefficient (Wildman–Crippen LogP) is 2.22. The Bertz CT molecular complexity index is 959. The molecule has 0 fully saturated rings. The zero-order chi connectivity index (χ0) is 21.1. The van der Waals surface area contributed by atoms with Gasteiger partial charge >= 0.3 is 0 Å². The predicted molar refractivity (Wildman–Crippen MR) is 117 cm³/mol. The third-order valence-corrected chi connectivity index (χ3v) is 3.88. The second kappa shape index (κ2) is 10.8. The van der Waals surface area contributed by atoms with Crippen molar-refractivity contribution in [3.63, 3.8) is 0 Å². The van der Waals surface area contributed by atoms with Gasteiger partial charge in [-0.1, -0.05) is 12.1 Å². The molecular weight excluding hydrogens is 366 g/mol. The molecule has 148 valence electrons. The van der Waals surface area contributed by atoms with Crippen LogP contribution in [0.1, 0.15) is 16.7 Å². The number of amides is 1. The number of carbonyl (C=O) groups is 1. The third kappa shape index (κ3) is 6.47. The van der Waals surface area contributed by atoms with Crippen molar-refractivity contribution in [1.82, 2.24) is 10.3 Å². The number of aromatic nitrogens is 1. The van der Waals surface area contributed by atoms with Crippen LogP contribution in [0.2, 0.25) is 0 Å². The number of nitrogens with two attached hydrogens (primary N) is 2. The number of pyridine rings is 1. The number of rotatable bonds is 8. The van der Waals surface area contributed by atoms with E-state index in [1.807, 2.05) is 12.1 Å². The highest BCUT2D eigenvalue weighted by Crippen LogP contribution is 2.17. The maximum absolute atomic E-state index is 12.2. The number of hydrogen-bond donors (Lipinski definition) is 6. The summed E-state index contributed by atoms with van der Waals surface area (Å²) < 4.78 is 0. The topological polar surface area (TPSA) is 154 Å². The lowest BCUT2D eigenvalue weighted by atomic mass is 10.0. The molecule has 0 bridgehead atoms. The van der Waals surface area contributed by atoms with E-state index in [4.69, 9.17) is 22.3 Å². The fourth-order valence-corrected chi connectivity index (χ4v) is 2.43. The molecule has 29 heavy (non-hydrogen) atoms. The van der Waals surface area contributed by atoms with Gasteiger partial charge in [0.15, 0.2) is 0 Å². The van der Waals surface area contributed by atoms with Gasteiger partial charge in [0.05, 0.1) is 0 Å². The van der Waals surface area contributed by atoms with Crippen LogP contribution in [-0.2, 0) is 11.3 Å². The van der Waals surface area contributed by atoms with Crippen LogP contribution in [-0.4, -0.2) is 22.9 Å². The second-order valence-corrected chi connectivity index (χ2v) is 5.88. The lowest BCUT2D eigenvalue weighted by Crippen LogP contribution is -2.19. The minimum absolute atomic E-state index is 0.223. The Balaban J connectivity index is 1.99. The molecule has 0 saturated heterocycles. The Hall–Kier alpha value is -4.20. The van der Waals surface area contributed by atoms with Crippen molar-refractivity contribution in [3.05, 3.63) is 84.0 Å². The van der Waals surface area contributed by atoms with Crippen molar-refractivity contribution in [2.24, 2.45) is 11.5 Å². The van der Waals surface area contributed by atoms with Crippen LogP contribution in [0.4, 0.5) is 5.69 Å². The highest BCUT2D eigenvalue weighted by molar-refractivity contribution is 6.10. The van der Waals surface area contributed by atoms with Gasteiger partial charge in [0.2, 0.25) is 5.91 Å². The molecule has 2 aromatic rings. The van der Waals surface area contributed by atoms with Gasteiger partial charge in [0.1, 0.15) is 5.84 Å². The van der Waals surface area contributed by atoms with Crippen molar-refractivity contribution in [3.8, 4) is 0 Å². The number of hydrogen-bond acceptors (Lipinski definition) is 6. The summed E-state index contributed by atoms with van der Waals surface area (Å²) in [7, 11) is 0. The summed E-state index contributed by atoms with van der Waals surface area (Å²) in [5.41, 5.74) is 14.3. The first-order valence-corrected chi connectivity index (χ1v) is 8.73. The maximum Gasteiger partial charge on any atom is 0.248 e. The highest BCUT2D eigenvalue weighted by Gasteiger charge is 2.04. The van der Waals surface area contributed by atoms with Gasteiger partial charge in [-0.25, -0.2) is 0 Å².